The molecular formula is C32H58O4. The summed E-state index contributed by atoms with van der Waals surface area (Å²) in [6, 6.07) is 0. The molecule has 4 nitrogen and oxygen atoms in total. The summed E-state index contributed by atoms with van der Waals surface area (Å²) >= 11 is 0. The van der Waals surface area contributed by atoms with Gasteiger partial charge in [-0.2, -0.15) is 0 Å². The van der Waals surface area contributed by atoms with Crippen LogP contribution in [0.25, 0.3) is 0 Å². The summed E-state index contributed by atoms with van der Waals surface area (Å²) in [6.07, 6.45) is 29.7. The van der Waals surface area contributed by atoms with E-state index in [4.69, 9.17) is 4.74 Å². The number of carboxylic acid groups (broad SMARTS) is 1. The predicted octanol–water partition coefficient (Wildman–Crippen LogP) is 9.80. The quantitative estimate of drug-likeness (QED) is 0.0850. The Balaban J connectivity index is 2.44. The molecule has 0 spiro atoms. The zero-order chi connectivity index (χ0) is 26.5. The third-order valence-electron chi connectivity index (χ3n) is 8.08. The van der Waals surface area contributed by atoms with Crippen molar-refractivity contribution in [1.82, 2.24) is 0 Å². The molecular weight excluding hydrogens is 448 g/mol. The Labute approximate surface area is 223 Å². The number of carbonyl (C=O) groups excluding carboxylic acids is 1. The third kappa shape index (κ3) is 13.8. The van der Waals surface area contributed by atoms with E-state index in [0.717, 1.165) is 25.7 Å². The Morgan fingerprint density at radius 1 is 0.778 bits per heavy atom. The molecule has 1 N–H and O–H groups in total. The van der Waals surface area contributed by atoms with E-state index in [0.29, 0.717) is 12.8 Å². The first-order valence-corrected chi connectivity index (χ1v) is 15.6. The van der Waals surface area contributed by atoms with Gasteiger partial charge in [0.2, 0.25) is 0 Å². The Morgan fingerprint density at radius 3 is 1.61 bits per heavy atom. The topological polar surface area (TPSA) is 63.6 Å². The van der Waals surface area contributed by atoms with Gasteiger partial charge in [-0.3, -0.25) is 9.59 Å². The van der Waals surface area contributed by atoms with Crippen molar-refractivity contribution in [2.75, 3.05) is 0 Å². The fourth-order valence-electron chi connectivity index (χ4n) is 5.50. The van der Waals surface area contributed by atoms with E-state index in [-0.39, 0.29) is 12.1 Å². The highest BCUT2D eigenvalue weighted by molar-refractivity contribution is 5.86. The molecule has 0 heterocycles. The number of hydrogen-bond donors (Lipinski definition) is 1. The van der Waals surface area contributed by atoms with E-state index >= 15 is 0 Å². The lowest BCUT2D eigenvalue weighted by Gasteiger charge is -2.34. The summed E-state index contributed by atoms with van der Waals surface area (Å²) in [5.74, 6) is -1.94. The van der Waals surface area contributed by atoms with E-state index in [9.17, 15) is 14.7 Å². The second-order valence-corrected chi connectivity index (χ2v) is 11.4. The van der Waals surface area contributed by atoms with Crippen LogP contribution in [0.15, 0.2) is 12.2 Å². The first-order valence-electron chi connectivity index (χ1n) is 15.6. The van der Waals surface area contributed by atoms with Gasteiger partial charge in [-0.25, -0.2) is 0 Å². The van der Waals surface area contributed by atoms with Gasteiger partial charge >= 0.3 is 11.9 Å². The van der Waals surface area contributed by atoms with Crippen molar-refractivity contribution in [2.45, 2.75) is 168 Å². The lowest BCUT2D eigenvalue weighted by atomic mass is 9.71. The molecule has 210 valence electrons. The van der Waals surface area contributed by atoms with E-state index in [1.807, 2.05) is 6.08 Å². The highest BCUT2D eigenvalue weighted by atomic mass is 16.5. The highest BCUT2D eigenvalue weighted by Crippen LogP contribution is 2.38. The summed E-state index contributed by atoms with van der Waals surface area (Å²) in [5, 5.41) is 9.69. The summed E-state index contributed by atoms with van der Waals surface area (Å²) < 4.78 is 6.06. The molecule has 0 bridgehead atoms. The van der Waals surface area contributed by atoms with Gasteiger partial charge in [-0.15, -0.1) is 0 Å². The zero-order valence-electron chi connectivity index (χ0n) is 24.0. The Bertz CT molecular complexity index is 599. The standard InChI is InChI=1S/C32H58O4/c1-4-6-8-10-12-13-14-15-17-19-21-25-28(24-20-18-16-11-9-7-5-2)36-31(35)32(3)27-23-22-26-29(32)30(33)34/h23,27-29H,4-22,24-26H2,1-3H3,(H,33,34). The summed E-state index contributed by atoms with van der Waals surface area (Å²) in [7, 11) is 0. The fraction of sp³-hybridized carbons (Fsp3) is 0.875. The molecule has 0 radical (unpaired) electrons. The van der Waals surface area contributed by atoms with Crippen LogP contribution in [0.2, 0.25) is 0 Å². The fourth-order valence-corrected chi connectivity index (χ4v) is 5.50. The monoisotopic (exact) mass is 506 g/mol. The molecule has 1 aliphatic rings. The second kappa shape index (κ2) is 20.7. The molecule has 36 heavy (non-hydrogen) atoms. The molecule has 0 aromatic carbocycles. The van der Waals surface area contributed by atoms with Gasteiger partial charge in [-0.05, 0) is 45.4 Å². The van der Waals surface area contributed by atoms with Gasteiger partial charge in [0, 0.05) is 0 Å². The molecule has 0 saturated heterocycles. The first kappa shape index (κ1) is 32.7. The molecule has 0 amide bonds. The minimum atomic E-state index is -1.06. The number of hydrogen-bond acceptors (Lipinski definition) is 3. The minimum Gasteiger partial charge on any atom is -0.481 e. The SMILES string of the molecule is CCCCCCCCCCCCCC(CCCCCCCCC)OC(=O)C1(C)C=CCCC1C(=O)O. The molecule has 3 atom stereocenters. The molecule has 1 rings (SSSR count). The van der Waals surface area contributed by atoms with Crippen molar-refractivity contribution < 1.29 is 19.4 Å². The number of carboxylic acids is 1. The maximum absolute atomic E-state index is 13.2. The van der Waals surface area contributed by atoms with Crippen molar-refractivity contribution >= 4 is 11.9 Å². The highest BCUT2D eigenvalue weighted by Gasteiger charge is 2.46. The number of esters is 1. The van der Waals surface area contributed by atoms with E-state index < -0.39 is 17.3 Å². The minimum absolute atomic E-state index is 0.0895. The number of ether oxygens (including phenoxy) is 1. The maximum Gasteiger partial charge on any atom is 0.316 e. The lowest BCUT2D eigenvalue weighted by Crippen LogP contribution is -2.42. The number of allylic oxidation sites excluding steroid dienone is 1. The number of rotatable bonds is 23. The predicted molar refractivity (Wildman–Crippen MR) is 151 cm³/mol. The number of carbonyl (C=O) groups is 2. The van der Waals surface area contributed by atoms with Crippen LogP contribution in [-0.2, 0) is 14.3 Å². The van der Waals surface area contributed by atoms with Crippen LogP contribution < -0.4 is 0 Å². The molecule has 4 heteroatoms. The molecule has 0 saturated carbocycles. The van der Waals surface area contributed by atoms with Gasteiger partial charge in [0.1, 0.15) is 6.10 Å². The van der Waals surface area contributed by atoms with Crippen LogP contribution in [0.1, 0.15) is 162 Å². The number of aliphatic carboxylic acids is 1. The molecule has 1 aliphatic carbocycles. The average molecular weight is 507 g/mol. The summed E-state index contributed by atoms with van der Waals surface area (Å²) in [5.41, 5.74) is -1.06. The second-order valence-electron chi connectivity index (χ2n) is 11.4. The van der Waals surface area contributed by atoms with Gasteiger partial charge in [-0.1, -0.05) is 129 Å². The van der Waals surface area contributed by atoms with Crippen molar-refractivity contribution in [3.05, 3.63) is 12.2 Å². The van der Waals surface area contributed by atoms with Gasteiger partial charge < -0.3 is 9.84 Å². The van der Waals surface area contributed by atoms with Crippen LogP contribution in [0.4, 0.5) is 0 Å². The molecule has 0 aliphatic heterocycles. The third-order valence-corrected chi connectivity index (χ3v) is 8.08. The van der Waals surface area contributed by atoms with Crippen LogP contribution >= 0.6 is 0 Å². The van der Waals surface area contributed by atoms with Gasteiger partial charge in [0.05, 0.1) is 11.3 Å². The van der Waals surface area contributed by atoms with Crippen LogP contribution in [-0.4, -0.2) is 23.1 Å². The van der Waals surface area contributed by atoms with Crippen molar-refractivity contribution in [2.24, 2.45) is 11.3 Å². The Morgan fingerprint density at radius 2 is 1.19 bits per heavy atom. The molecule has 0 aromatic rings. The van der Waals surface area contributed by atoms with E-state index in [1.165, 1.54) is 103 Å². The smallest absolute Gasteiger partial charge is 0.316 e. The molecule has 3 unspecified atom stereocenters. The maximum atomic E-state index is 13.2. The molecule has 0 aromatic heterocycles. The normalized spacial score (nSPS) is 20.4. The first-order chi connectivity index (χ1) is 17.5. The average Bonchev–Trinajstić information content (AvgIpc) is 2.86. The van der Waals surface area contributed by atoms with Crippen LogP contribution in [0.3, 0.4) is 0 Å². The zero-order valence-corrected chi connectivity index (χ0v) is 24.0. The van der Waals surface area contributed by atoms with Crippen molar-refractivity contribution in [3.8, 4) is 0 Å². The summed E-state index contributed by atoms with van der Waals surface area (Å²) in [6.45, 7) is 6.25. The van der Waals surface area contributed by atoms with Crippen LogP contribution in [0.5, 0.6) is 0 Å². The van der Waals surface area contributed by atoms with Gasteiger partial charge in [0.15, 0.2) is 0 Å². The van der Waals surface area contributed by atoms with Crippen molar-refractivity contribution in [1.29, 1.82) is 0 Å². The number of unbranched alkanes of at least 4 members (excludes halogenated alkanes) is 16. The van der Waals surface area contributed by atoms with E-state index in [1.54, 1.807) is 13.0 Å². The van der Waals surface area contributed by atoms with Crippen molar-refractivity contribution in [3.63, 3.8) is 0 Å². The van der Waals surface area contributed by atoms with E-state index in [2.05, 4.69) is 13.8 Å². The summed E-state index contributed by atoms with van der Waals surface area (Å²) in [4.78, 5) is 25.0. The Kier molecular flexibility index (Phi) is 18.8. The van der Waals surface area contributed by atoms with Crippen LogP contribution in [0, 0.1) is 11.3 Å². The largest absolute Gasteiger partial charge is 0.481 e. The molecule has 0 fully saturated rings. The lowest BCUT2D eigenvalue weighted by molar-refractivity contribution is -0.168. The Hall–Kier alpha value is -1.32. The van der Waals surface area contributed by atoms with Gasteiger partial charge in [0.25, 0.3) is 0 Å².